The summed E-state index contributed by atoms with van der Waals surface area (Å²) in [5.41, 5.74) is 1.25. The summed E-state index contributed by atoms with van der Waals surface area (Å²) in [6, 6.07) is 9.39. The summed E-state index contributed by atoms with van der Waals surface area (Å²) in [5, 5.41) is 11.5. The molecule has 0 fully saturated rings. The molecule has 134 valence electrons. The van der Waals surface area contributed by atoms with E-state index in [1.807, 2.05) is 0 Å². The molecule has 1 heterocycles. The first-order valence-corrected chi connectivity index (χ1v) is 7.90. The minimum Gasteiger partial charge on any atom is -0.477 e. The number of amides is 1. The lowest BCUT2D eigenvalue weighted by molar-refractivity contribution is -0.176. The standard InChI is InChI=1S/C16H14F3NO4S/c17-16(18,19)9-24-8-11-3-1-2-10(6-11)7-20-14(21)12-4-5-13(25-12)15(22)23/h1-6H,7-9H2,(H,20,21)(H,22,23). The van der Waals surface area contributed by atoms with Gasteiger partial charge in [-0.2, -0.15) is 13.2 Å². The molecule has 0 bridgehead atoms. The Hall–Kier alpha value is -2.39. The predicted molar refractivity (Wildman–Crippen MR) is 84.6 cm³/mol. The topological polar surface area (TPSA) is 75.6 Å². The molecule has 5 nitrogen and oxygen atoms in total. The van der Waals surface area contributed by atoms with Gasteiger partial charge in [-0.05, 0) is 23.3 Å². The number of ether oxygens (including phenoxy) is 1. The van der Waals surface area contributed by atoms with Crippen molar-refractivity contribution in [1.29, 1.82) is 0 Å². The first-order valence-electron chi connectivity index (χ1n) is 7.08. The summed E-state index contributed by atoms with van der Waals surface area (Å²) >= 11 is 0.863. The fourth-order valence-electron chi connectivity index (χ4n) is 1.96. The molecule has 0 saturated carbocycles. The van der Waals surface area contributed by atoms with Crippen molar-refractivity contribution < 1.29 is 32.6 Å². The van der Waals surface area contributed by atoms with Gasteiger partial charge in [-0.1, -0.05) is 24.3 Å². The number of aromatic carboxylic acids is 1. The first-order chi connectivity index (χ1) is 11.7. The smallest absolute Gasteiger partial charge is 0.411 e. The molecular weight excluding hydrogens is 359 g/mol. The second kappa shape index (κ2) is 8.13. The zero-order valence-electron chi connectivity index (χ0n) is 12.8. The lowest BCUT2D eigenvalue weighted by Gasteiger charge is -2.09. The van der Waals surface area contributed by atoms with Crippen molar-refractivity contribution in [2.24, 2.45) is 0 Å². The number of alkyl halides is 3. The van der Waals surface area contributed by atoms with Crippen molar-refractivity contribution in [3.8, 4) is 0 Å². The number of carbonyl (C=O) groups excluding carboxylic acids is 1. The minimum absolute atomic E-state index is 0.0639. The van der Waals surface area contributed by atoms with E-state index in [1.165, 1.54) is 12.1 Å². The molecule has 1 aromatic heterocycles. The molecule has 2 N–H and O–H groups in total. The molecule has 0 spiro atoms. The first kappa shape index (κ1) is 18.9. The number of rotatable bonds is 7. The molecular formula is C16H14F3NO4S. The summed E-state index contributed by atoms with van der Waals surface area (Å²) in [7, 11) is 0. The van der Waals surface area contributed by atoms with Crippen LogP contribution in [0.5, 0.6) is 0 Å². The fourth-order valence-corrected chi connectivity index (χ4v) is 2.72. The summed E-state index contributed by atoms with van der Waals surface area (Å²) in [6.45, 7) is -1.35. The van der Waals surface area contributed by atoms with Crippen LogP contribution in [0.1, 0.15) is 30.5 Å². The van der Waals surface area contributed by atoms with Crippen molar-refractivity contribution in [1.82, 2.24) is 5.32 Å². The van der Waals surface area contributed by atoms with E-state index in [0.717, 1.165) is 11.3 Å². The van der Waals surface area contributed by atoms with E-state index in [2.05, 4.69) is 10.1 Å². The van der Waals surface area contributed by atoms with Crippen molar-refractivity contribution in [3.05, 3.63) is 57.3 Å². The molecule has 1 aromatic carbocycles. The number of carboxylic acid groups (broad SMARTS) is 1. The number of benzene rings is 1. The molecule has 1 amide bonds. The monoisotopic (exact) mass is 373 g/mol. The van der Waals surface area contributed by atoms with Gasteiger partial charge in [0.15, 0.2) is 0 Å². The zero-order valence-corrected chi connectivity index (χ0v) is 13.6. The summed E-state index contributed by atoms with van der Waals surface area (Å²) in [6.07, 6.45) is -4.37. The van der Waals surface area contributed by atoms with E-state index in [1.54, 1.807) is 24.3 Å². The van der Waals surface area contributed by atoms with Crippen LogP contribution >= 0.6 is 11.3 Å². The molecule has 0 aliphatic carbocycles. The van der Waals surface area contributed by atoms with Crippen LogP contribution in [0.2, 0.25) is 0 Å². The number of hydrogen-bond donors (Lipinski definition) is 2. The highest BCUT2D eigenvalue weighted by Crippen LogP contribution is 2.17. The molecule has 0 atom stereocenters. The van der Waals surface area contributed by atoms with Gasteiger partial charge in [-0.3, -0.25) is 4.79 Å². The van der Waals surface area contributed by atoms with Gasteiger partial charge in [0.05, 0.1) is 11.5 Å². The number of hydrogen-bond acceptors (Lipinski definition) is 4. The van der Waals surface area contributed by atoms with E-state index in [9.17, 15) is 22.8 Å². The number of halogens is 3. The van der Waals surface area contributed by atoms with E-state index < -0.39 is 24.7 Å². The lowest BCUT2D eigenvalue weighted by Crippen LogP contribution is -2.21. The summed E-state index contributed by atoms with van der Waals surface area (Å²) in [5.74, 6) is -1.52. The molecule has 2 rings (SSSR count). The molecule has 0 aliphatic heterocycles. The van der Waals surface area contributed by atoms with Gasteiger partial charge in [0.2, 0.25) is 0 Å². The molecule has 9 heteroatoms. The van der Waals surface area contributed by atoms with Crippen molar-refractivity contribution >= 4 is 23.2 Å². The van der Waals surface area contributed by atoms with Gasteiger partial charge < -0.3 is 15.2 Å². The van der Waals surface area contributed by atoms with Crippen molar-refractivity contribution in [2.75, 3.05) is 6.61 Å². The van der Waals surface area contributed by atoms with Gasteiger partial charge in [0, 0.05) is 6.54 Å². The highest BCUT2D eigenvalue weighted by Gasteiger charge is 2.27. The Morgan fingerprint density at radius 3 is 2.44 bits per heavy atom. The third-order valence-corrected chi connectivity index (χ3v) is 4.09. The van der Waals surface area contributed by atoms with Crippen LogP contribution in [0.25, 0.3) is 0 Å². The highest BCUT2D eigenvalue weighted by atomic mass is 32.1. The average Bonchev–Trinajstić information content (AvgIpc) is 3.02. The van der Waals surface area contributed by atoms with Crippen LogP contribution in [0.15, 0.2) is 36.4 Å². The average molecular weight is 373 g/mol. The van der Waals surface area contributed by atoms with Crippen LogP contribution in [0.3, 0.4) is 0 Å². The maximum atomic E-state index is 12.1. The largest absolute Gasteiger partial charge is 0.477 e. The predicted octanol–water partition coefficient (Wildman–Crippen LogP) is 3.46. The van der Waals surface area contributed by atoms with Gasteiger partial charge in [-0.15, -0.1) is 11.3 Å². The Kier molecular flexibility index (Phi) is 6.16. The Morgan fingerprint density at radius 1 is 1.12 bits per heavy atom. The van der Waals surface area contributed by atoms with Crippen LogP contribution in [0, 0.1) is 0 Å². The number of carboxylic acids is 1. The maximum absolute atomic E-state index is 12.1. The van der Waals surface area contributed by atoms with E-state index in [4.69, 9.17) is 5.11 Å². The zero-order chi connectivity index (χ0) is 18.4. The molecule has 0 unspecified atom stereocenters. The van der Waals surface area contributed by atoms with Crippen LogP contribution < -0.4 is 5.32 Å². The lowest BCUT2D eigenvalue weighted by atomic mass is 10.1. The molecule has 25 heavy (non-hydrogen) atoms. The van der Waals surface area contributed by atoms with Crippen LogP contribution in [-0.4, -0.2) is 29.8 Å². The number of carbonyl (C=O) groups is 2. The third-order valence-electron chi connectivity index (χ3n) is 3.02. The maximum Gasteiger partial charge on any atom is 0.411 e. The molecule has 2 aromatic rings. The Labute approximate surface area is 145 Å². The second-order valence-corrected chi connectivity index (χ2v) is 6.16. The van der Waals surface area contributed by atoms with Crippen molar-refractivity contribution in [3.63, 3.8) is 0 Å². The van der Waals surface area contributed by atoms with Gasteiger partial charge >= 0.3 is 12.1 Å². The summed E-state index contributed by atoms with van der Waals surface area (Å²) < 4.78 is 40.7. The van der Waals surface area contributed by atoms with E-state index >= 15 is 0 Å². The van der Waals surface area contributed by atoms with Crippen LogP contribution in [-0.2, 0) is 17.9 Å². The highest BCUT2D eigenvalue weighted by molar-refractivity contribution is 7.15. The third kappa shape index (κ3) is 6.20. The molecule has 0 aliphatic rings. The van der Waals surface area contributed by atoms with E-state index in [0.29, 0.717) is 11.1 Å². The number of thiophene rings is 1. The number of nitrogens with one attached hydrogen (secondary N) is 1. The Bertz CT molecular complexity index is 758. The van der Waals surface area contributed by atoms with Gasteiger partial charge in [0.25, 0.3) is 5.91 Å². The fraction of sp³-hybridized carbons (Fsp3) is 0.250. The van der Waals surface area contributed by atoms with Gasteiger partial charge in [-0.25, -0.2) is 4.79 Å². The van der Waals surface area contributed by atoms with Crippen molar-refractivity contribution in [2.45, 2.75) is 19.3 Å². The summed E-state index contributed by atoms with van der Waals surface area (Å²) in [4.78, 5) is 23.1. The van der Waals surface area contributed by atoms with E-state index in [-0.39, 0.29) is 22.9 Å². The van der Waals surface area contributed by atoms with Gasteiger partial charge in [0.1, 0.15) is 11.5 Å². The second-order valence-electron chi connectivity index (χ2n) is 5.08. The quantitative estimate of drug-likeness (QED) is 0.779. The Morgan fingerprint density at radius 2 is 1.80 bits per heavy atom. The Balaban J connectivity index is 1.88. The molecule has 0 radical (unpaired) electrons. The molecule has 0 saturated heterocycles. The van der Waals surface area contributed by atoms with Crippen LogP contribution in [0.4, 0.5) is 13.2 Å². The minimum atomic E-state index is -4.37. The normalized spacial score (nSPS) is 11.3. The SMILES string of the molecule is O=C(O)c1ccc(C(=O)NCc2cccc(COCC(F)(F)F)c2)s1.